The summed E-state index contributed by atoms with van der Waals surface area (Å²) in [4.78, 5) is 18.4. The summed E-state index contributed by atoms with van der Waals surface area (Å²) < 4.78 is 7.34. The number of nitrogens with one attached hydrogen (secondary N) is 1. The third-order valence-corrected chi connectivity index (χ3v) is 5.93. The van der Waals surface area contributed by atoms with E-state index in [9.17, 15) is 4.79 Å². The summed E-state index contributed by atoms with van der Waals surface area (Å²) in [5.74, 6) is 0.939. The first kappa shape index (κ1) is 17.2. The zero-order valence-electron chi connectivity index (χ0n) is 15.5. The Morgan fingerprint density at radius 1 is 1.21 bits per heavy atom. The van der Waals surface area contributed by atoms with Crippen molar-refractivity contribution in [2.75, 3.05) is 13.7 Å². The predicted molar refractivity (Wildman–Crippen MR) is 111 cm³/mol. The van der Waals surface area contributed by atoms with Crippen LogP contribution in [0.3, 0.4) is 0 Å². The summed E-state index contributed by atoms with van der Waals surface area (Å²) in [5, 5.41) is 2.81. The van der Waals surface area contributed by atoms with Crippen LogP contribution in [0.25, 0.3) is 21.8 Å². The molecule has 142 valence electrons. The van der Waals surface area contributed by atoms with Gasteiger partial charge in [-0.15, -0.1) is 0 Å². The lowest BCUT2D eigenvalue weighted by Gasteiger charge is -2.27. The highest BCUT2D eigenvalue weighted by Gasteiger charge is 2.24. The molecule has 0 saturated heterocycles. The van der Waals surface area contributed by atoms with E-state index in [1.165, 1.54) is 11.3 Å². The summed E-state index contributed by atoms with van der Waals surface area (Å²) in [6.45, 7) is 1.64. The van der Waals surface area contributed by atoms with Crippen molar-refractivity contribution in [1.82, 2.24) is 14.5 Å². The minimum Gasteiger partial charge on any atom is -0.497 e. The number of aromatic amines is 1. The molecule has 0 atom stereocenters. The van der Waals surface area contributed by atoms with Gasteiger partial charge >= 0.3 is 0 Å². The molecule has 3 heterocycles. The smallest absolute Gasteiger partial charge is 0.242 e. The number of halogens is 1. The second-order valence-corrected chi connectivity index (χ2v) is 7.58. The van der Waals surface area contributed by atoms with Gasteiger partial charge in [-0.3, -0.25) is 4.79 Å². The Hall–Kier alpha value is -2.92. The molecule has 1 aliphatic rings. The summed E-state index contributed by atoms with van der Waals surface area (Å²) in [6.07, 6.45) is 2.76. The fourth-order valence-corrected chi connectivity index (χ4v) is 4.34. The second kappa shape index (κ2) is 6.60. The predicted octanol–water partition coefficient (Wildman–Crippen LogP) is 4.37. The van der Waals surface area contributed by atoms with Crippen molar-refractivity contribution in [3.05, 3.63) is 64.9 Å². The van der Waals surface area contributed by atoms with E-state index in [-0.39, 0.29) is 5.91 Å². The van der Waals surface area contributed by atoms with E-state index >= 15 is 0 Å². The van der Waals surface area contributed by atoms with Crippen LogP contribution in [0.1, 0.15) is 11.3 Å². The van der Waals surface area contributed by atoms with Crippen LogP contribution in [-0.4, -0.2) is 34.0 Å². The van der Waals surface area contributed by atoms with Gasteiger partial charge in [0.1, 0.15) is 12.3 Å². The Bertz CT molecular complexity index is 1210. The van der Waals surface area contributed by atoms with Crippen molar-refractivity contribution < 1.29 is 9.53 Å². The zero-order valence-corrected chi connectivity index (χ0v) is 16.3. The van der Waals surface area contributed by atoms with Gasteiger partial charge in [0.25, 0.3) is 0 Å². The van der Waals surface area contributed by atoms with Crippen LogP contribution in [0, 0.1) is 0 Å². The largest absolute Gasteiger partial charge is 0.497 e. The first-order chi connectivity index (χ1) is 13.6. The molecular formula is C22H20ClN3O2. The van der Waals surface area contributed by atoms with E-state index in [4.69, 9.17) is 16.3 Å². The minimum absolute atomic E-state index is 0.111. The number of hydrogen-bond acceptors (Lipinski definition) is 2. The van der Waals surface area contributed by atoms with Crippen molar-refractivity contribution in [3.8, 4) is 5.75 Å². The molecule has 4 aromatic rings. The zero-order chi connectivity index (χ0) is 19.3. The topological polar surface area (TPSA) is 50.3 Å². The molecular weight excluding hydrogens is 374 g/mol. The molecule has 0 spiro atoms. The van der Waals surface area contributed by atoms with E-state index in [2.05, 4.69) is 4.98 Å². The summed E-state index contributed by atoms with van der Waals surface area (Å²) in [6, 6.07) is 13.8. The number of rotatable bonds is 3. The number of amides is 1. The molecule has 1 N–H and O–H groups in total. The Morgan fingerprint density at radius 2 is 2.11 bits per heavy atom. The lowest BCUT2D eigenvalue weighted by atomic mass is 10.0. The lowest BCUT2D eigenvalue weighted by molar-refractivity contribution is -0.132. The van der Waals surface area contributed by atoms with Gasteiger partial charge in [0.05, 0.1) is 7.11 Å². The molecule has 0 radical (unpaired) electrons. The fraction of sp³-hybridized carbons (Fsp3) is 0.227. The summed E-state index contributed by atoms with van der Waals surface area (Å²) in [5.41, 5.74) is 4.47. The van der Waals surface area contributed by atoms with Crippen LogP contribution >= 0.6 is 11.6 Å². The number of aromatic nitrogens is 2. The quantitative estimate of drug-likeness (QED) is 0.562. The molecule has 2 aromatic heterocycles. The van der Waals surface area contributed by atoms with Crippen LogP contribution in [0.15, 0.2) is 48.7 Å². The number of fused-ring (bicyclic) bond motifs is 4. The van der Waals surface area contributed by atoms with E-state index in [0.29, 0.717) is 18.1 Å². The molecule has 0 fully saturated rings. The van der Waals surface area contributed by atoms with Gasteiger partial charge in [-0.25, -0.2) is 0 Å². The number of nitrogens with zero attached hydrogens (tertiary/aromatic N) is 2. The Labute approximate surface area is 167 Å². The van der Waals surface area contributed by atoms with Gasteiger partial charge in [0.15, 0.2) is 0 Å². The number of methoxy groups -OCH3 is 1. The molecule has 2 aromatic carbocycles. The van der Waals surface area contributed by atoms with Gasteiger partial charge in [-0.1, -0.05) is 17.7 Å². The fourth-order valence-electron chi connectivity index (χ4n) is 4.10. The number of benzene rings is 2. The summed E-state index contributed by atoms with van der Waals surface area (Å²) in [7, 11) is 1.67. The molecule has 0 bridgehead atoms. The second-order valence-electron chi connectivity index (χ2n) is 7.18. The number of ether oxygens (including phenoxy) is 1. The van der Waals surface area contributed by atoms with Gasteiger partial charge in [0.2, 0.25) is 5.91 Å². The van der Waals surface area contributed by atoms with E-state index in [1.54, 1.807) is 7.11 Å². The SMILES string of the molecule is COc1ccc2[nH]c3c(c2c1)CN(C(=O)Cn1ccc2c(Cl)cccc21)CC3. The number of carbonyl (C=O) groups is 1. The highest BCUT2D eigenvalue weighted by Crippen LogP contribution is 2.31. The molecule has 5 rings (SSSR count). The third kappa shape index (κ3) is 2.74. The maximum absolute atomic E-state index is 13.0. The standard InChI is InChI=1S/C22H20ClN3O2/c1-28-14-5-6-19-16(11-14)17-12-26(10-8-20(17)24-19)22(27)13-25-9-7-15-18(23)3-2-4-21(15)25/h2-7,9,11,24H,8,10,12-13H2,1H3. The number of carbonyl (C=O) groups excluding carboxylic acids is 1. The van der Waals surface area contributed by atoms with Gasteiger partial charge < -0.3 is 19.2 Å². The summed E-state index contributed by atoms with van der Waals surface area (Å²) >= 11 is 6.26. The molecule has 0 unspecified atom stereocenters. The van der Waals surface area contributed by atoms with Crippen molar-refractivity contribution in [2.24, 2.45) is 0 Å². The van der Waals surface area contributed by atoms with Crippen LogP contribution in [0.5, 0.6) is 5.75 Å². The molecule has 1 amide bonds. The molecule has 0 aliphatic carbocycles. The van der Waals surface area contributed by atoms with Gasteiger partial charge in [-0.05, 0) is 36.4 Å². The van der Waals surface area contributed by atoms with Gasteiger partial charge in [0, 0.05) is 63.8 Å². The highest BCUT2D eigenvalue weighted by molar-refractivity contribution is 6.35. The van der Waals surface area contributed by atoms with Crippen molar-refractivity contribution >= 4 is 39.3 Å². The lowest BCUT2D eigenvalue weighted by Crippen LogP contribution is -2.37. The van der Waals surface area contributed by atoms with Crippen LogP contribution in [0.4, 0.5) is 0 Å². The Kier molecular flexibility index (Phi) is 4.05. The average molecular weight is 394 g/mol. The number of hydrogen-bond donors (Lipinski definition) is 1. The Morgan fingerprint density at radius 3 is 2.96 bits per heavy atom. The molecule has 6 heteroatoms. The molecule has 5 nitrogen and oxygen atoms in total. The van der Waals surface area contributed by atoms with Crippen molar-refractivity contribution in [1.29, 1.82) is 0 Å². The maximum Gasteiger partial charge on any atom is 0.242 e. The minimum atomic E-state index is 0.111. The monoisotopic (exact) mass is 393 g/mol. The van der Waals surface area contributed by atoms with Gasteiger partial charge in [-0.2, -0.15) is 0 Å². The maximum atomic E-state index is 13.0. The molecule has 28 heavy (non-hydrogen) atoms. The van der Waals surface area contributed by atoms with E-state index in [0.717, 1.165) is 40.5 Å². The number of H-pyrrole nitrogens is 1. The normalized spacial score (nSPS) is 13.9. The average Bonchev–Trinajstić information content (AvgIpc) is 3.29. The first-order valence-corrected chi connectivity index (χ1v) is 9.70. The molecule has 1 aliphatic heterocycles. The first-order valence-electron chi connectivity index (χ1n) is 9.32. The van der Waals surface area contributed by atoms with Crippen molar-refractivity contribution in [3.63, 3.8) is 0 Å². The highest BCUT2D eigenvalue weighted by atomic mass is 35.5. The van der Waals surface area contributed by atoms with Crippen LogP contribution in [-0.2, 0) is 24.3 Å². The van der Waals surface area contributed by atoms with E-state index < -0.39 is 0 Å². The van der Waals surface area contributed by atoms with E-state index in [1.807, 2.05) is 58.1 Å². The van der Waals surface area contributed by atoms with Crippen LogP contribution < -0.4 is 4.74 Å². The third-order valence-electron chi connectivity index (χ3n) is 5.60. The Balaban J connectivity index is 1.42. The van der Waals surface area contributed by atoms with Crippen LogP contribution in [0.2, 0.25) is 5.02 Å². The molecule has 0 saturated carbocycles. The van der Waals surface area contributed by atoms with Crippen molar-refractivity contribution in [2.45, 2.75) is 19.5 Å².